The average Bonchev–Trinajstić information content (AvgIpc) is 2.87. The van der Waals surface area contributed by atoms with Crippen LogP contribution in [-0.4, -0.2) is 26.8 Å². The molecule has 0 radical (unpaired) electrons. The van der Waals surface area contributed by atoms with Crippen molar-refractivity contribution < 1.29 is 9.13 Å². The van der Waals surface area contributed by atoms with Gasteiger partial charge in [0.05, 0.1) is 6.61 Å². The zero-order valence-electron chi connectivity index (χ0n) is 12.1. The van der Waals surface area contributed by atoms with Gasteiger partial charge in [-0.25, -0.2) is 4.39 Å². The Morgan fingerprint density at radius 2 is 2.10 bits per heavy atom. The first-order chi connectivity index (χ1) is 9.65. The van der Waals surface area contributed by atoms with E-state index < -0.39 is 0 Å². The molecule has 1 fully saturated rings. The summed E-state index contributed by atoms with van der Waals surface area (Å²) in [6, 6.07) is 5.41. The van der Waals surface area contributed by atoms with E-state index in [1.165, 1.54) is 25.7 Å². The van der Waals surface area contributed by atoms with Crippen LogP contribution in [0, 0.1) is 11.2 Å². The predicted molar refractivity (Wildman–Crippen MR) is 83.5 cm³/mol. The fourth-order valence-electron chi connectivity index (χ4n) is 3.14. The summed E-state index contributed by atoms with van der Waals surface area (Å²) >= 11 is 3.32. The number of methoxy groups -OCH3 is 1. The maximum Gasteiger partial charge on any atom is 0.127 e. The van der Waals surface area contributed by atoms with Gasteiger partial charge in [0.1, 0.15) is 5.82 Å². The van der Waals surface area contributed by atoms with E-state index in [9.17, 15) is 4.39 Å². The molecule has 0 unspecified atom stereocenters. The number of nitrogens with one attached hydrogen (secondary N) is 1. The quantitative estimate of drug-likeness (QED) is 0.757. The van der Waals surface area contributed by atoms with Crippen molar-refractivity contribution in [1.29, 1.82) is 0 Å². The van der Waals surface area contributed by atoms with Crippen LogP contribution in [0.15, 0.2) is 22.7 Å². The van der Waals surface area contributed by atoms with Crippen molar-refractivity contribution >= 4 is 15.9 Å². The lowest BCUT2D eigenvalue weighted by molar-refractivity contribution is 0.189. The lowest BCUT2D eigenvalue weighted by Gasteiger charge is -2.30. The summed E-state index contributed by atoms with van der Waals surface area (Å²) in [5.74, 6) is -0.0949. The van der Waals surface area contributed by atoms with Crippen LogP contribution >= 0.6 is 15.9 Å². The molecule has 0 aliphatic heterocycles. The number of halogens is 2. The van der Waals surface area contributed by atoms with Crippen molar-refractivity contribution in [1.82, 2.24) is 5.32 Å². The molecule has 0 spiro atoms. The molecule has 1 saturated carbocycles. The van der Waals surface area contributed by atoms with Gasteiger partial charge in [0, 0.05) is 24.7 Å². The SMILES string of the molecule is COCCNCC1(Cc2ccc(Br)cc2F)CCCC1. The molecular weight excluding hydrogens is 321 g/mol. The van der Waals surface area contributed by atoms with Crippen molar-refractivity contribution in [2.75, 3.05) is 26.8 Å². The third kappa shape index (κ3) is 4.27. The molecule has 112 valence electrons. The van der Waals surface area contributed by atoms with E-state index in [0.717, 1.165) is 36.2 Å². The highest BCUT2D eigenvalue weighted by Crippen LogP contribution is 2.41. The lowest BCUT2D eigenvalue weighted by Crippen LogP contribution is -2.35. The second-order valence-corrected chi connectivity index (χ2v) is 6.70. The molecule has 2 nitrogen and oxygen atoms in total. The third-order valence-corrected chi connectivity index (χ3v) is 4.72. The molecule has 1 aromatic carbocycles. The van der Waals surface area contributed by atoms with Gasteiger partial charge in [-0.3, -0.25) is 0 Å². The normalized spacial score (nSPS) is 17.6. The van der Waals surface area contributed by atoms with Gasteiger partial charge in [-0.15, -0.1) is 0 Å². The van der Waals surface area contributed by atoms with E-state index in [4.69, 9.17) is 4.74 Å². The first-order valence-electron chi connectivity index (χ1n) is 7.29. The van der Waals surface area contributed by atoms with Crippen molar-refractivity contribution in [2.45, 2.75) is 32.1 Å². The van der Waals surface area contributed by atoms with E-state index in [-0.39, 0.29) is 11.2 Å². The Morgan fingerprint density at radius 1 is 1.35 bits per heavy atom. The molecule has 1 aromatic rings. The molecule has 1 aliphatic carbocycles. The Balaban J connectivity index is 2.01. The standard InChI is InChI=1S/C16H23BrFNO/c1-20-9-8-19-12-16(6-2-3-7-16)11-13-4-5-14(17)10-15(13)18/h4-5,10,19H,2-3,6-9,11-12H2,1H3. The third-order valence-electron chi connectivity index (χ3n) is 4.23. The highest BCUT2D eigenvalue weighted by molar-refractivity contribution is 9.10. The van der Waals surface area contributed by atoms with Crippen LogP contribution in [0.5, 0.6) is 0 Å². The van der Waals surface area contributed by atoms with E-state index in [2.05, 4.69) is 21.2 Å². The first-order valence-corrected chi connectivity index (χ1v) is 8.08. The minimum absolute atomic E-state index is 0.0949. The summed E-state index contributed by atoms with van der Waals surface area (Å²) in [6.45, 7) is 2.54. The number of ether oxygens (including phenoxy) is 1. The van der Waals surface area contributed by atoms with Crippen molar-refractivity contribution in [3.63, 3.8) is 0 Å². The van der Waals surface area contributed by atoms with E-state index >= 15 is 0 Å². The maximum atomic E-state index is 14.0. The monoisotopic (exact) mass is 343 g/mol. The van der Waals surface area contributed by atoms with Gasteiger partial charge in [-0.1, -0.05) is 34.8 Å². The molecular formula is C16H23BrFNO. The molecule has 0 heterocycles. The van der Waals surface area contributed by atoms with E-state index in [1.54, 1.807) is 13.2 Å². The van der Waals surface area contributed by atoms with Crippen LogP contribution in [0.25, 0.3) is 0 Å². The van der Waals surface area contributed by atoms with Gasteiger partial charge in [0.25, 0.3) is 0 Å². The molecule has 2 rings (SSSR count). The molecule has 0 amide bonds. The Kier molecular flexibility index (Phi) is 6.00. The van der Waals surface area contributed by atoms with Crippen LogP contribution in [0.4, 0.5) is 4.39 Å². The zero-order valence-corrected chi connectivity index (χ0v) is 13.6. The molecule has 0 aromatic heterocycles. The Bertz CT molecular complexity index is 432. The fraction of sp³-hybridized carbons (Fsp3) is 0.625. The minimum atomic E-state index is -0.0949. The van der Waals surface area contributed by atoms with Crippen LogP contribution in [0.3, 0.4) is 0 Å². The summed E-state index contributed by atoms with van der Waals surface area (Å²) in [5, 5.41) is 3.46. The van der Waals surface area contributed by atoms with Gasteiger partial charge in [0.15, 0.2) is 0 Å². The number of rotatable bonds is 7. The van der Waals surface area contributed by atoms with Crippen LogP contribution in [-0.2, 0) is 11.2 Å². The number of hydrogen-bond donors (Lipinski definition) is 1. The average molecular weight is 344 g/mol. The fourth-order valence-corrected chi connectivity index (χ4v) is 3.47. The van der Waals surface area contributed by atoms with Crippen molar-refractivity contribution in [3.05, 3.63) is 34.1 Å². The molecule has 1 N–H and O–H groups in total. The van der Waals surface area contributed by atoms with Gasteiger partial charge >= 0.3 is 0 Å². The molecule has 0 atom stereocenters. The second-order valence-electron chi connectivity index (χ2n) is 5.79. The lowest BCUT2D eigenvalue weighted by atomic mass is 9.79. The Labute approximate surface area is 129 Å². The summed E-state index contributed by atoms with van der Waals surface area (Å²) in [4.78, 5) is 0. The van der Waals surface area contributed by atoms with E-state index in [1.807, 2.05) is 12.1 Å². The maximum absolute atomic E-state index is 14.0. The zero-order chi connectivity index (χ0) is 14.4. The van der Waals surface area contributed by atoms with Crippen LogP contribution < -0.4 is 5.32 Å². The van der Waals surface area contributed by atoms with Gasteiger partial charge in [0.2, 0.25) is 0 Å². The predicted octanol–water partition coefficient (Wildman–Crippen LogP) is 3.93. The van der Waals surface area contributed by atoms with Crippen LogP contribution in [0.2, 0.25) is 0 Å². The van der Waals surface area contributed by atoms with Gasteiger partial charge in [-0.2, -0.15) is 0 Å². The van der Waals surface area contributed by atoms with E-state index in [0.29, 0.717) is 0 Å². The Morgan fingerprint density at radius 3 is 2.75 bits per heavy atom. The number of hydrogen-bond acceptors (Lipinski definition) is 2. The highest BCUT2D eigenvalue weighted by Gasteiger charge is 2.34. The smallest absolute Gasteiger partial charge is 0.127 e. The molecule has 0 saturated heterocycles. The van der Waals surface area contributed by atoms with Crippen LogP contribution in [0.1, 0.15) is 31.2 Å². The minimum Gasteiger partial charge on any atom is -0.383 e. The largest absolute Gasteiger partial charge is 0.383 e. The first kappa shape index (κ1) is 15.9. The summed E-state index contributed by atoms with van der Waals surface area (Å²) in [6.07, 6.45) is 5.70. The molecule has 4 heteroatoms. The van der Waals surface area contributed by atoms with Crippen molar-refractivity contribution in [3.8, 4) is 0 Å². The summed E-state index contributed by atoms with van der Waals surface area (Å²) in [5.41, 5.74) is 1.05. The number of benzene rings is 1. The summed E-state index contributed by atoms with van der Waals surface area (Å²) < 4.78 is 19.9. The summed E-state index contributed by atoms with van der Waals surface area (Å²) in [7, 11) is 1.71. The molecule has 0 bridgehead atoms. The van der Waals surface area contributed by atoms with Gasteiger partial charge in [-0.05, 0) is 42.4 Å². The molecule has 20 heavy (non-hydrogen) atoms. The Hall–Kier alpha value is -0.450. The molecule has 1 aliphatic rings. The van der Waals surface area contributed by atoms with Gasteiger partial charge < -0.3 is 10.1 Å². The second kappa shape index (κ2) is 7.53. The van der Waals surface area contributed by atoms with Crippen molar-refractivity contribution in [2.24, 2.45) is 5.41 Å². The highest BCUT2D eigenvalue weighted by atomic mass is 79.9. The topological polar surface area (TPSA) is 21.3 Å².